The van der Waals surface area contributed by atoms with E-state index >= 15 is 4.39 Å². The normalized spacial score (nSPS) is 14.9. The SMILES string of the molecule is O=C1c2ccccc2C(=O)N1Cc1cc(Br)cc(CN2C(=O)c3ccccc3C2=O)c1F. The van der Waals surface area contributed by atoms with Crippen LogP contribution in [-0.2, 0) is 13.1 Å². The second-order valence-corrected chi connectivity index (χ2v) is 8.44. The van der Waals surface area contributed by atoms with E-state index in [2.05, 4.69) is 15.9 Å². The third kappa shape index (κ3) is 3.06. The first-order chi connectivity index (χ1) is 15.4. The molecular formula is C24H14BrFN2O4. The minimum absolute atomic E-state index is 0.0977. The van der Waals surface area contributed by atoms with Gasteiger partial charge in [0.15, 0.2) is 0 Å². The summed E-state index contributed by atoms with van der Waals surface area (Å²) in [5.41, 5.74) is 1.30. The Bertz CT molecular complexity index is 1180. The number of fused-ring (bicyclic) bond motifs is 2. The molecule has 2 heterocycles. The van der Waals surface area contributed by atoms with Crippen LogP contribution in [0.15, 0.2) is 65.1 Å². The molecule has 0 atom stereocenters. The first kappa shape index (κ1) is 20.3. The van der Waals surface area contributed by atoms with E-state index in [4.69, 9.17) is 0 Å². The Morgan fingerprint density at radius 1 is 0.625 bits per heavy atom. The number of nitrogens with zero attached hydrogens (tertiary/aromatic N) is 2. The molecular weight excluding hydrogens is 479 g/mol. The highest BCUT2D eigenvalue weighted by atomic mass is 79.9. The Labute approximate surface area is 190 Å². The van der Waals surface area contributed by atoms with Crippen molar-refractivity contribution in [2.24, 2.45) is 0 Å². The summed E-state index contributed by atoms with van der Waals surface area (Å²) in [4.78, 5) is 52.6. The van der Waals surface area contributed by atoms with Crippen LogP contribution in [0.25, 0.3) is 0 Å². The number of halogens is 2. The molecule has 6 nitrogen and oxygen atoms in total. The summed E-state index contributed by atoms with van der Waals surface area (Å²) >= 11 is 3.32. The third-order valence-electron chi connectivity index (χ3n) is 5.60. The number of rotatable bonds is 4. The maximum absolute atomic E-state index is 15.4. The molecule has 2 aliphatic heterocycles. The number of imide groups is 2. The Balaban J connectivity index is 1.45. The van der Waals surface area contributed by atoms with Gasteiger partial charge < -0.3 is 0 Å². The van der Waals surface area contributed by atoms with Crippen molar-refractivity contribution >= 4 is 39.6 Å². The van der Waals surface area contributed by atoms with Gasteiger partial charge in [-0.25, -0.2) is 4.39 Å². The quantitative estimate of drug-likeness (QED) is 0.512. The van der Waals surface area contributed by atoms with E-state index in [1.54, 1.807) is 48.5 Å². The van der Waals surface area contributed by atoms with Crippen molar-refractivity contribution in [2.75, 3.05) is 0 Å². The van der Waals surface area contributed by atoms with Crippen LogP contribution in [-0.4, -0.2) is 33.4 Å². The highest BCUT2D eigenvalue weighted by Gasteiger charge is 2.37. The fourth-order valence-corrected chi connectivity index (χ4v) is 4.60. The molecule has 5 rings (SSSR count). The average molecular weight is 493 g/mol. The van der Waals surface area contributed by atoms with Crippen LogP contribution in [0, 0.1) is 5.82 Å². The molecule has 4 amide bonds. The number of hydrogen-bond donors (Lipinski definition) is 0. The van der Waals surface area contributed by atoms with E-state index in [-0.39, 0.29) is 46.5 Å². The Kier molecular flexibility index (Phi) is 4.74. The summed E-state index contributed by atoms with van der Waals surface area (Å²) in [6, 6.07) is 15.8. The molecule has 0 fully saturated rings. The predicted molar refractivity (Wildman–Crippen MR) is 115 cm³/mol. The van der Waals surface area contributed by atoms with Crippen molar-refractivity contribution in [3.8, 4) is 0 Å². The Morgan fingerprint density at radius 2 is 0.938 bits per heavy atom. The highest BCUT2D eigenvalue weighted by Crippen LogP contribution is 2.30. The van der Waals surface area contributed by atoms with E-state index in [1.807, 2.05) is 0 Å². The number of benzene rings is 3. The van der Waals surface area contributed by atoms with Gasteiger partial charge >= 0.3 is 0 Å². The number of carbonyl (C=O) groups excluding carboxylic acids is 4. The lowest BCUT2D eigenvalue weighted by Gasteiger charge is -2.19. The van der Waals surface area contributed by atoms with Gasteiger partial charge in [0.05, 0.1) is 35.3 Å². The van der Waals surface area contributed by atoms with Gasteiger partial charge in [0.25, 0.3) is 23.6 Å². The van der Waals surface area contributed by atoms with Crippen LogP contribution >= 0.6 is 15.9 Å². The topological polar surface area (TPSA) is 74.8 Å². The average Bonchev–Trinajstić information content (AvgIpc) is 3.18. The zero-order valence-corrected chi connectivity index (χ0v) is 18.1. The third-order valence-corrected chi connectivity index (χ3v) is 6.06. The first-order valence-electron chi connectivity index (χ1n) is 9.74. The van der Waals surface area contributed by atoms with Gasteiger partial charge in [-0.15, -0.1) is 0 Å². The molecule has 0 spiro atoms. The Hall–Kier alpha value is -3.65. The minimum Gasteiger partial charge on any atom is -0.270 e. The van der Waals surface area contributed by atoms with Gasteiger partial charge in [0.2, 0.25) is 0 Å². The van der Waals surface area contributed by atoms with Gasteiger partial charge in [0, 0.05) is 15.6 Å². The summed E-state index contributed by atoms with van der Waals surface area (Å²) < 4.78 is 15.9. The number of amides is 4. The van der Waals surface area contributed by atoms with Gasteiger partial charge in [0.1, 0.15) is 5.82 Å². The second-order valence-electron chi connectivity index (χ2n) is 7.52. The maximum atomic E-state index is 15.4. The smallest absolute Gasteiger partial charge is 0.261 e. The first-order valence-corrected chi connectivity index (χ1v) is 10.5. The van der Waals surface area contributed by atoms with Crippen molar-refractivity contribution in [2.45, 2.75) is 13.1 Å². The summed E-state index contributed by atoms with van der Waals surface area (Å²) in [7, 11) is 0. The van der Waals surface area contributed by atoms with Gasteiger partial charge in [-0.2, -0.15) is 0 Å². The molecule has 0 bridgehead atoms. The molecule has 0 N–H and O–H groups in total. The van der Waals surface area contributed by atoms with E-state index in [0.717, 1.165) is 9.80 Å². The molecule has 3 aromatic rings. The van der Waals surface area contributed by atoms with Crippen LogP contribution in [0.4, 0.5) is 4.39 Å². The minimum atomic E-state index is -0.679. The van der Waals surface area contributed by atoms with Crippen LogP contribution in [0.5, 0.6) is 0 Å². The predicted octanol–water partition coefficient (Wildman–Crippen LogP) is 4.18. The molecule has 32 heavy (non-hydrogen) atoms. The van der Waals surface area contributed by atoms with Crippen molar-refractivity contribution < 1.29 is 23.6 Å². The lowest BCUT2D eigenvalue weighted by molar-refractivity contribution is 0.0630. The van der Waals surface area contributed by atoms with Crippen molar-refractivity contribution in [1.29, 1.82) is 0 Å². The lowest BCUT2D eigenvalue weighted by Crippen LogP contribution is -2.31. The van der Waals surface area contributed by atoms with Gasteiger partial charge in [-0.3, -0.25) is 29.0 Å². The fourth-order valence-electron chi connectivity index (χ4n) is 4.04. The van der Waals surface area contributed by atoms with Crippen LogP contribution < -0.4 is 0 Å². The van der Waals surface area contributed by atoms with Crippen molar-refractivity contribution in [3.63, 3.8) is 0 Å². The largest absolute Gasteiger partial charge is 0.270 e. The van der Waals surface area contributed by atoms with Gasteiger partial charge in [-0.1, -0.05) is 40.2 Å². The maximum Gasteiger partial charge on any atom is 0.261 e. The molecule has 0 unspecified atom stereocenters. The molecule has 0 aliphatic carbocycles. The number of carbonyl (C=O) groups is 4. The zero-order valence-electron chi connectivity index (χ0n) is 16.5. The highest BCUT2D eigenvalue weighted by molar-refractivity contribution is 9.10. The van der Waals surface area contributed by atoms with Crippen LogP contribution in [0.3, 0.4) is 0 Å². The van der Waals surface area contributed by atoms with E-state index in [1.165, 1.54) is 12.1 Å². The second kappa shape index (κ2) is 7.49. The Morgan fingerprint density at radius 3 is 1.25 bits per heavy atom. The van der Waals surface area contributed by atoms with Crippen LogP contribution in [0.1, 0.15) is 52.6 Å². The van der Waals surface area contributed by atoms with Crippen molar-refractivity contribution in [3.05, 3.63) is 104 Å². The standard InChI is InChI=1S/C24H14BrFN2O4/c25-15-9-13(11-27-21(29)16-5-1-2-6-17(16)22(27)30)20(26)14(10-15)12-28-23(31)18-7-3-4-8-19(18)24(28)32/h1-10H,11-12H2. The summed E-state index contributed by atoms with van der Waals surface area (Å²) in [5, 5.41) is 0. The summed E-state index contributed by atoms with van der Waals surface area (Å²) in [6.07, 6.45) is 0. The lowest BCUT2D eigenvalue weighted by atomic mass is 10.1. The molecule has 0 radical (unpaired) electrons. The molecule has 2 aliphatic rings. The molecule has 0 saturated carbocycles. The van der Waals surface area contributed by atoms with Crippen LogP contribution in [0.2, 0.25) is 0 Å². The summed E-state index contributed by atoms with van der Waals surface area (Å²) in [6.45, 7) is -0.542. The summed E-state index contributed by atoms with van der Waals surface area (Å²) in [5.74, 6) is -2.65. The van der Waals surface area contributed by atoms with Gasteiger partial charge in [-0.05, 0) is 36.4 Å². The van der Waals surface area contributed by atoms with E-state index in [0.29, 0.717) is 4.47 Å². The zero-order chi connectivity index (χ0) is 22.6. The molecule has 3 aromatic carbocycles. The molecule has 158 valence electrons. The fraction of sp³-hybridized carbons (Fsp3) is 0.0833. The van der Waals surface area contributed by atoms with E-state index < -0.39 is 29.4 Å². The van der Waals surface area contributed by atoms with Crippen molar-refractivity contribution in [1.82, 2.24) is 9.80 Å². The number of hydrogen-bond acceptors (Lipinski definition) is 4. The van der Waals surface area contributed by atoms with E-state index in [9.17, 15) is 19.2 Å². The molecule has 0 saturated heterocycles. The molecule has 0 aromatic heterocycles. The molecule has 8 heteroatoms. The monoisotopic (exact) mass is 492 g/mol.